The van der Waals surface area contributed by atoms with Gasteiger partial charge in [0.05, 0.1) is 4.90 Å². The standard InChI is InChI=1S/C22H26N2O4S/c1-17-4-3-5-20(14-17)24-13-12-23(15-18(24)2)29(27,28)22-10-7-19(8-11-22)6-9-21(26)16-25/h3-11,14,18,25H,12-13,15-16H2,1-2H3/b9-6+. The van der Waals surface area contributed by atoms with Crippen molar-refractivity contribution in [2.75, 3.05) is 31.1 Å². The third-order valence-corrected chi connectivity index (χ3v) is 6.94. The number of anilines is 1. The number of benzene rings is 2. The number of hydrogen-bond donors (Lipinski definition) is 1. The maximum absolute atomic E-state index is 13.1. The molecule has 1 aliphatic rings. The first-order valence-corrected chi connectivity index (χ1v) is 11.0. The lowest BCUT2D eigenvalue weighted by Gasteiger charge is -2.40. The Morgan fingerprint density at radius 3 is 2.52 bits per heavy atom. The Labute approximate surface area is 172 Å². The molecular weight excluding hydrogens is 388 g/mol. The van der Waals surface area contributed by atoms with Crippen molar-refractivity contribution in [3.8, 4) is 0 Å². The van der Waals surface area contributed by atoms with E-state index in [9.17, 15) is 13.2 Å². The number of carbonyl (C=O) groups excluding carboxylic acids is 1. The maximum atomic E-state index is 13.1. The fraction of sp³-hybridized carbons (Fsp3) is 0.318. The van der Waals surface area contributed by atoms with Crippen molar-refractivity contribution >= 4 is 27.6 Å². The topological polar surface area (TPSA) is 77.9 Å². The number of carbonyl (C=O) groups is 1. The summed E-state index contributed by atoms with van der Waals surface area (Å²) in [6.07, 6.45) is 2.83. The van der Waals surface area contributed by atoms with E-state index < -0.39 is 22.4 Å². The van der Waals surface area contributed by atoms with E-state index in [2.05, 4.69) is 17.0 Å². The Hall–Kier alpha value is -2.48. The molecule has 154 valence electrons. The van der Waals surface area contributed by atoms with Crippen LogP contribution in [0.3, 0.4) is 0 Å². The van der Waals surface area contributed by atoms with Gasteiger partial charge < -0.3 is 10.0 Å². The lowest BCUT2D eigenvalue weighted by molar-refractivity contribution is -0.117. The molecule has 1 aliphatic heterocycles. The summed E-state index contributed by atoms with van der Waals surface area (Å²) in [4.78, 5) is 13.6. The summed E-state index contributed by atoms with van der Waals surface area (Å²) in [7, 11) is -3.59. The van der Waals surface area contributed by atoms with Gasteiger partial charge in [0.2, 0.25) is 10.0 Å². The van der Waals surface area contributed by atoms with E-state index in [-0.39, 0.29) is 10.9 Å². The van der Waals surface area contributed by atoms with Crippen LogP contribution in [-0.2, 0) is 14.8 Å². The Morgan fingerprint density at radius 1 is 1.17 bits per heavy atom. The van der Waals surface area contributed by atoms with Crippen molar-refractivity contribution in [1.82, 2.24) is 4.31 Å². The molecule has 2 aromatic rings. The fourth-order valence-electron chi connectivity index (χ4n) is 3.47. The van der Waals surface area contributed by atoms with Gasteiger partial charge in [-0.3, -0.25) is 4.79 Å². The highest BCUT2D eigenvalue weighted by Gasteiger charge is 2.32. The number of aliphatic hydroxyl groups is 1. The zero-order chi connectivity index (χ0) is 21.0. The quantitative estimate of drug-likeness (QED) is 0.735. The highest BCUT2D eigenvalue weighted by molar-refractivity contribution is 7.89. The molecule has 7 heteroatoms. The number of rotatable bonds is 6. The van der Waals surface area contributed by atoms with E-state index in [1.54, 1.807) is 30.3 Å². The predicted molar refractivity (Wildman–Crippen MR) is 114 cm³/mol. The Balaban J connectivity index is 1.72. The average molecular weight is 415 g/mol. The van der Waals surface area contributed by atoms with Gasteiger partial charge in [0.25, 0.3) is 0 Å². The Bertz CT molecular complexity index is 1000. The number of piperazine rings is 1. The molecule has 2 aromatic carbocycles. The van der Waals surface area contributed by atoms with Crippen molar-refractivity contribution in [2.24, 2.45) is 0 Å². The average Bonchev–Trinajstić information content (AvgIpc) is 2.72. The summed E-state index contributed by atoms with van der Waals surface area (Å²) in [6.45, 7) is 5.02. The second-order valence-electron chi connectivity index (χ2n) is 7.27. The van der Waals surface area contributed by atoms with E-state index in [4.69, 9.17) is 5.11 Å². The van der Waals surface area contributed by atoms with Crippen LogP contribution in [0.15, 0.2) is 59.5 Å². The lowest BCUT2D eigenvalue weighted by Crippen LogP contribution is -2.53. The Kier molecular flexibility index (Phi) is 6.52. The second kappa shape index (κ2) is 8.90. The minimum Gasteiger partial charge on any atom is -0.388 e. The summed E-state index contributed by atoms with van der Waals surface area (Å²) >= 11 is 0. The first-order chi connectivity index (χ1) is 13.8. The van der Waals surface area contributed by atoms with Gasteiger partial charge in [-0.2, -0.15) is 4.31 Å². The molecule has 0 aromatic heterocycles. The van der Waals surface area contributed by atoms with Crippen LogP contribution < -0.4 is 4.90 Å². The third kappa shape index (κ3) is 4.93. The molecular formula is C22H26N2O4S. The number of nitrogens with zero attached hydrogens (tertiary/aromatic N) is 2. The smallest absolute Gasteiger partial charge is 0.243 e. The molecule has 6 nitrogen and oxygen atoms in total. The maximum Gasteiger partial charge on any atom is 0.243 e. The SMILES string of the molecule is Cc1cccc(N2CCN(S(=O)(=O)c3ccc(/C=C/C(=O)CO)cc3)CC2C)c1. The van der Waals surface area contributed by atoms with E-state index in [0.717, 1.165) is 5.69 Å². The molecule has 1 fully saturated rings. The van der Waals surface area contributed by atoms with E-state index >= 15 is 0 Å². The minimum atomic E-state index is -3.59. The van der Waals surface area contributed by atoms with E-state index in [0.29, 0.717) is 25.2 Å². The van der Waals surface area contributed by atoms with Crippen LogP contribution in [0.5, 0.6) is 0 Å². The highest BCUT2D eigenvalue weighted by atomic mass is 32.2. The molecule has 0 bridgehead atoms. The number of aryl methyl sites for hydroxylation is 1. The second-order valence-corrected chi connectivity index (χ2v) is 9.21. The number of sulfonamides is 1. The molecule has 1 N–H and O–H groups in total. The van der Waals surface area contributed by atoms with Crippen LogP contribution in [0.2, 0.25) is 0 Å². The molecule has 1 unspecified atom stereocenters. The van der Waals surface area contributed by atoms with Crippen LogP contribution in [0.25, 0.3) is 6.08 Å². The molecule has 0 radical (unpaired) electrons. The summed E-state index contributed by atoms with van der Waals surface area (Å²) < 4.78 is 27.6. The van der Waals surface area contributed by atoms with Crippen LogP contribution in [0, 0.1) is 6.92 Å². The van der Waals surface area contributed by atoms with Gasteiger partial charge >= 0.3 is 0 Å². The van der Waals surface area contributed by atoms with Crippen LogP contribution >= 0.6 is 0 Å². The first-order valence-electron chi connectivity index (χ1n) is 9.56. The van der Waals surface area contributed by atoms with Crippen LogP contribution in [-0.4, -0.2) is 55.9 Å². The van der Waals surface area contributed by atoms with Gasteiger partial charge in [0.1, 0.15) is 6.61 Å². The molecule has 0 spiro atoms. The molecule has 29 heavy (non-hydrogen) atoms. The zero-order valence-electron chi connectivity index (χ0n) is 16.7. The molecule has 0 saturated carbocycles. The van der Waals surface area contributed by atoms with Gasteiger partial charge in [0.15, 0.2) is 5.78 Å². The number of hydrogen-bond acceptors (Lipinski definition) is 5. The molecule has 1 atom stereocenters. The summed E-state index contributed by atoms with van der Waals surface area (Å²) in [6, 6.07) is 14.7. The molecule has 1 saturated heterocycles. The van der Waals surface area contributed by atoms with Gasteiger partial charge in [-0.1, -0.05) is 30.3 Å². The van der Waals surface area contributed by atoms with Crippen molar-refractivity contribution in [3.05, 3.63) is 65.7 Å². The zero-order valence-corrected chi connectivity index (χ0v) is 17.5. The summed E-state index contributed by atoms with van der Waals surface area (Å²) in [5.41, 5.74) is 2.99. The molecule has 0 aliphatic carbocycles. The third-order valence-electron chi connectivity index (χ3n) is 5.06. The Morgan fingerprint density at radius 2 is 1.90 bits per heavy atom. The fourth-order valence-corrected chi connectivity index (χ4v) is 4.99. The van der Waals surface area contributed by atoms with Crippen LogP contribution in [0.1, 0.15) is 18.1 Å². The van der Waals surface area contributed by atoms with Gasteiger partial charge in [-0.05, 0) is 55.3 Å². The van der Waals surface area contributed by atoms with E-state index in [1.807, 2.05) is 26.0 Å². The van der Waals surface area contributed by atoms with Gasteiger partial charge in [-0.25, -0.2) is 8.42 Å². The van der Waals surface area contributed by atoms with Crippen molar-refractivity contribution in [3.63, 3.8) is 0 Å². The number of ketones is 1. The minimum absolute atomic E-state index is 0.0621. The molecule has 1 heterocycles. The van der Waals surface area contributed by atoms with Crippen LogP contribution in [0.4, 0.5) is 5.69 Å². The summed E-state index contributed by atoms with van der Waals surface area (Å²) in [5.74, 6) is -0.401. The monoisotopic (exact) mass is 414 g/mol. The number of aliphatic hydroxyl groups excluding tert-OH is 1. The molecule has 3 rings (SSSR count). The van der Waals surface area contributed by atoms with Crippen molar-refractivity contribution in [1.29, 1.82) is 0 Å². The largest absolute Gasteiger partial charge is 0.388 e. The first kappa shape index (κ1) is 21.2. The molecule has 0 amide bonds. The highest BCUT2D eigenvalue weighted by Crippen LogP contribution is 2.25. The van der Waals surface area contributed by atoms with Crippen molar-refractivity contribution < 1.29 is 18.3 Å². The lowest BCUT2D eigenvalue weighted by atomic mass is 10.1. The van der Waals surface area contributed by atoms with Gasteiger partial charge in [0, 0.05) is 31.4 Å². The van der Waals surface area contributed by atoms with E-state index in [1.165, 1.54) is 15.9 Å². The van der Waals surface area contributed by atoms with Crippen molar-refractivity contribution in [2.45, 2.75) is 24.8 Å². The van der Waals surface area contributed by atoms with Gasteiger partial charge in [-0.15, -0.1) is 0 Å². The predicted octanol–water partition coefficient (Wildman–Crippen LogP) is 2.47. The normalized spacial score (nSPS) is 18.3. The summed E-state index contributed by atoms with van der Waals surface area (Å²) in [5, 5.41) is 8.75.